The first-order chi connectivity index (χ1) is 12.3. The smallest absolute Gasteiger partial charge is 0.226 e. The lowest BCUT2D eigenvalue weighted by molar-refractivity contribution is -0.121. The van der Waals surface area contributed by atoms with Crippen LogP contribution in [0.4, 0.5) is 0 Å². The number of fused-ring (bicyclic) bond motifs is 1. The third-order valence-corrected chi connectivity index (χ3v) is 5.74. The number of piperidine rings is 1. The molecule has 1 N–H and O–H groups in total. The zero-order valence-electron chi connectivity index (χ0n) is 14.2. The van der Waals surface area contributed by atoms with Crippen molar-refractivity contribution < 1.29 is 4.79 Å². The van der Waals surface area contributed by atoms with Crippen molar-refractivity contribution in [3.63, 3.8) is 0 Å². The summed E-state index contributed by atoms with van der Waals surface area (Å²) in [4.78, 5) is 25.6. The van der Waals surface area contributed by atoms with E-state index < -0.39 is 0 Å². The van der Waals surface area contributed by atoms with E-state index in [-0.39, 0.29) is 11.9 Å². The van der Waals surface area contributed by atoms with Crippen LogP contribution in [0.15, 0.2) is 40.6 Å². The highest BCUT2D eigenvalue weighted by Gasteiger charge is 2.28. The molecule has 4 rings (SSSR count). The number of hydrogen-bond acceptors (Lipinski definition) is 6. The molecule has 1 aromatic heterocycles. The molecule has 6 nitrogen and oxygen atoms in total. The number of nitrogens with zero attached hydrogens (tertiary/aromatic N) is 4. The number of hydrogen-bond donors (Lipinski definition) is 1. The van der Waals surface area contributed by atoms with Crippen LogP contribution in [0.3, 0.4) is 0 Å². The summed E-state index contributed by atoms with van der Waals surface area (Å²) >= 11 is 1.63. The second-order valence-electron chi connectivity index (χ2n) is 6.72. The molecule has 7 heteroatoms. The Morgan fingerprint density at radius 3 is 3.24 bits per heavy atom. The van der Waals surface area contributed by atoms with Gasteiger partial charge in [-0.15, -0.1) is 0 Å². The summed E-state index contributed by atoms with van der Waals surface area (Å²) in [6.07, 6.45) is 6.34. The molecular weight excluding hydrogens is 334 g/mol. The van der Waals surface area contributed by atoms with E-state index in [0.717, 1.165) is 56.4 Å². The molecule has 0 aliphatic carbocycles. The Morgan fingerprint density at radius 2 is 2.36 bits per heavy atom. The zero-order valence-corrected chi connectivity index (χ0v) is 15.0. The van der Waals surface area contributed by atoms with Gasteiger partial charge in [-0.25, -0.2) is 0 Å². The van der Waals surface area contributed by atoms with E-state index >= 15 is 0 Å². The predicted molar refractivity (Wildman–Crippen MR) is 100.0 cm³/mol. The average Bonchev–Trinajstić information content (AvgIpc) is 3.21. The first kappa shape index (κ1) is 16.6. The summed E-state index contributed by atoms with van der Waals surface area (Å²) in [6.45, 7) is 4.63. The van der Waals surface area contributed by atoms with E-state index in [1.807, 2.05) is 12.3 Å². The fraction of sp³-hybridized carbons (Fsp3) is 0.500. The lowest BCUT2D eigenvalue weighted by Gasteiger charge is -2.33. The lowest BCUT2D eigenvalue weighted by Crippen LogP contribution is -2.47. The van der Waals surface area contributed by atoms with Gasteiger partial charge in [-0.05, 0) is 36.4 Å². The number of aliphatic imine (C=N–C) groups is 1. The number of amidine groups is 1. The number of rotatable bonds is 5. The molecule has 25 heavy (non-hydrogen) atoms. The van der Waals surface area contributed by atoms with Crippen LogP contribution in [-0.4, -0.2) is 58.1 Å². The number of likely N-dealkylation sites (tertiary alicyclic amines) is 1. The monoisotopic (exact) mass is 357 g/mol. The Hall–Kier alpha value is -1.86. The van der Waals surface area contributed by atoms with Crippen LogP contribution in [0, 0.1) is 0 Å². The standard InChI is InChI=1S/C18H23N5OS/c24-17(9-16-13-25-18-20-6-8-23(16)18)21-15-4-2-7-22(12-15)11-14-3-1-5-19-10-14/h1,3,5,10,13,15H,2,4,6-9,11-12H2,(H,21,24)/t15-/m0/s1. The maximum absolute atomic E-state index is 12.5. The fourth-order valence-electron chi connectivity index (χ4n) is 3.63. The number of nitrogens with one attached hydrogen (secondary N) is 1. The van der Waals surface area contributed by atoms with Crippen molar-refractivity contribution in [1.82, 2.24) is 20.1 Å². The fourth-order valence-corrected chi connectivity index (χ4v) is 4.58. The Labute approximate surface area is 152 Å². The summed E-state index contributed by atoms with van der Waals surface area (Å²) in [5.74, 6) is 0.119. The number of aromatic nitrogens is 1. The molecule has 132 valence electrons. The van der Waals surface area contributed by atoms with Gasteiger partial charge in [0.15, 0.2) is 5.17 Å². The maximum Gasteiger partial charge on any atom is 0.226 e. The Morgan fingerprint density at radius 1 is 1.40 bits per heavy atom. The van der Waals surface area contributed by atoms with Crippen LogP contribution in [0.1, 0.15) is 24.8 Å². The summed E-state index contributed by atoms with van der Waals surface area (Å²) in [6, 6.07) is 4.32. The predicted octanol–water partition coefficient (Wildman–Crippen LogP) is 1.81. The van der Waals surface area contributed by atoms with Crippen LogP contribution in [0.25, 0.3) is 0 Å². The summed E-state index contributed by atoms with van der Waals surface area (Å²) in [5.41, 5.74) is 2.31. The quantitative estimate of drug-likeness (QED) is 0.871. The van der Waals surface area contributed by atoms with Gasteiger partial charge in [0.25, 0.3) is 0 Å². The van der Waals surface area contributed by atoms with Gasteiger partial charge in [0, 0.05) is 43.8 Å². The summed E-state index contributed by atoms with van der Waals surface area (Å²) < 4.78 is 0. The van der Waals surface area contributed by atoms with Gasteiger partial charge in [-0.1, -0.05) is 17.8 Å². The molecule has 0 radical (unpaired) electrons. The van der Waals surface area contributed by atoms with Crippen LogP contribution < -0.4 is 5.32 Å². The topological polar surface area (TPSA) is 60.8 Å². The Kier molecular flexibility index (Phi) is 5.03. The molecule has 3 aliphatic rings. The molecule has 1 amide bonds. The Balaban J connectivity index is 1.27. The van der Waals surface area contributed by atoms with Crippen LogP contribution in [-0.2, 0) is 11.3 Å². The molecule has 0 saturated carbocycles. The van der Waals surface area contributed by atoms with Crippen LogP contribution in [0.2, 0.25) is 0 Å². The molecule has 1 atom stereocenters. The molecule has 1 saturated heterocycles. The number of carbonyl (C=O) groups is 1. The van der Waals surface area contributed by atoms with E-state index in [9.17, 15) is 4.79 Å². The summed E-state index contributed by atoms with van der Waals surface area (Å²) in [7, 11) is 0. The van der Waals surface area contributed by atoms with Gasteiger partial charge in [-0.3, -0.25) is 19.7 Å². The largest absolute Gasteiger partial charge is 0.352 e. The SMILES string of the molecule is O=C(CC1=CSC2=NCCN12)N[C@H]1CCCN(Cc2cccnc2)C1. The van der Waals surface area contributed by atoms with Gasteiger partial charge >= 0.3 is 0 Å². The molecule has 3 aliphatic heterocycles. The highest BCUT2D eigenvalue weighted by Crippen LogP contribution is 2.30. The highest BCUT2D eigenvalue weighted by molar-refractivity contribution is 8.16. The van der Waals surface area contributed by atoms with Crippen molar-refractivity contribution in [3.8, 4) is 0 Å². The Bertz CT molecular complexity index is 690. The average molecular weight is 357 g/mol. The summed E-state index contributed by atoms with van der Waals surface area (Å²) in [5, 5.41) is 6.34. The van der Waals surface area contributed by atoms with Gasteiger partial charge in [0.1, 0.15) is 0 Å². The van der Waals surface area contributed by atoms with Gasteiger partial charge < -0.3 is 10.2 Å². The van der Waals surface area contributed by atoms with Crippen molar-refractivity contribution in [2.45, 2.75) is 31.8 Å². The van der Waals surface area contributed by atoms with E-state index in [4.69, 9.17) is 0 Å². The number of amides is 1. The molecule has 1 aromatic rings. The molecular formula is C18H23N5OS. The van der Waals surface area contributed by atoms with Gasteiger partial charge in [-0.2, -0.15) is 0 Å². The minimum absolute atomic E-state index is 0.119. The van der Waals surface area contributed by atoms with Crippen molar-refractivity contribution in [2.75, 3.05) is 26.2 Å². The van der Waals surface area contributed by atoms with E-state index in [1.54, 1.807) is 18.0 Å². The molecule has 0 aromatic carbocycles. The molecule has 0 spiro atoms. The maximum atomic E-state index is 12.5. The number of thioether (sulfide) groups is 1. The first-order valence-corrected chi connectivity index (χ1v) is 9.74. The third-order valence-electron chi connectivity index (χ3n) is 4.79. The normalized spacial score (nSPS) is 23.2. The van der Waals surface area contributed by atoms with Gasteiger partial charge in [0.2, 0.25) is 5.91 Å². The zero-order chi connectivity index (χ0) is 17.1. The minimum atomic E-state index is 0.119. The van der Waals surface area contributed by atoms with Crippen molar-refractivity contribution in [1.29, 1.82) is 0 Å². The van der Waals surface area contributed by atoms with Gasteiger partial charge in [0.05, 0.1) is 13.0 Å². The second kappa shape index (κ2) is 7.58. The number of pyridine rings is 1. The highest BCUT2D eigenvalue weighted by atomic mass is 32.2. The van der Waals surface area contributed by atoms with Crippen LogP contribution >= 0.6 is 11.8 Å². The van der Waals surface area contributed by atoms with Crippen molar-refractivity contribution in [3.05, 3.63) is 41.2 Å². The molecule has 4 heterocycles. The third kappa shape index (κ3) is 4.04. The lowest BCUT2D eigenvalue weighted by atomic mass is 10.0. The van der Waals surface area contributed by atoms with Crippen LogP contribution in [0.5, 0.6) is 0 Å². The van der Waals surface area contributed by atoms with Crippen molar-refractivity contribution >= 4 is 22.8 Å². The van der Waals surface area contributed by atoms with Crippen molar-refractivity contribution in [2.24, 2.45) is 4.99 Å². The molecule has 0 unspecified atom stereocenters. The van der Waals surface area contributed by atoms with E-state index in [2.05, 4.69) is 36.6 Å². The second-order valence-corrected chi connectivity index (χ2v) is 7.56. The number of carbonyl (C=O) groups excluding carboxylic acids is 1. The van der Waals surface area contributed by atoms with E-state index in [0.29, 0.717) is 6.42 Å². The molecule has 0 bridgehead atoms. The van der Waals surface area contributed by atoms with E-state index in [1.165, 1.54) is 5.56 Å². The first-order valence-electron chi connectivity index (χ1n) is 8.86. The molecule has 1 fully saturated rings. The minimum Gasteiger partial charge on any atom is -0.352 e.